The van der Waals surface area contributed by atoms with E-state index in [4.69, 9.17) is 5.73 Å². The molecule has 0 spiro atoms. The molecule has 1 atom stereocenters. The molecule has 1 rings (SSSR count). The molecule has 0 bridgehead atoms. The average molecular weight is 161 g/mol. The van der Waals surface area contributed by atoms with E-state index in [1.54, 1.807) is 0 Å². The molecule has 0 saturated heterocycles. The van der Waals surface area contributed by atoms with Crippen molar-refractivity contribution in [3.8, 4) is 0 Å². The summed E-state index contributed by atoms with van der Waals surface area (Å²) in [4.78, 5) is 0. The number of hydrogen-bond donors (Lipinski definition) is 0. The number of benzene rings is 1. The smallest absolute Gasteiger partial charge is 0.0131 e. The molecule has 1 aromatic carbocycles. The summed E-state index contributed by atoms with van der Waals surface area (Å²) >= 11 is 0. The quantitative estimate of drug-likeness (QED) is 0.647. The molecule has 0 heterocycles. The Hall–Kier alpha value is -0.820. The van der Waals surface area contributed by atoms with Crippen LogP contribution in [0.2, 0.25) is 0 Å². The number of nitrogens with one attached hydrogen (secondary N) is 1. The van der Waals surface area contributed by atoms with Crippen LogP contribution in [-0.2, 0) is 6.42 Å². The summed E-state index contributed by atoms with van der Waals surface area (Å²) in [6.45, 7) is 4.32. The zero-order chi connectivity index (χ0) is 8.81. The summed E-state index contributed by atoms with van der Waals surface area (Å²) in [6.07, 6.45) is 1.85. The summed E-state index contributed by atoms with van der Waals surface area (Å²) in [7, 11) is 0. The Balaban J connectivity index is 2.51. The van der Waals surface area contributed by atoms with Gasteiger partial charge >= 0.3 is 0 Å². The van der Waals surface area contributed by atoms with E-state index in [1.807, 2.05) is 18.2 Å². The van der Waals surface area contributed by atoms with Crippen molar-refractivity contribution in [2.75, 3.05) is 6.54 Å². The minimum atomic E-state index is 0.424. The first-order valence-corrected chi connectivity index (χ1v) is 4.34. The summed E-state index contributed by atoms with van der Waals surface area (Å²) < 4.78 is 0. The standard InChI is InChI=1S/C11H15N/c1-2-10(9-12)8-11-6-4-3-5-7-11/h3-7,10,12H,1-2,8-9H2. The summed E-state index contributed by atoms with van der Waals surface area (Å²) in [6, 6.07) is 10.3. The molecule has 12 heavy (non-hydrogen) atoms. The highest BCUT2D eigenvalue weighted by atomic mass is 14.5. The number of rotatable bonds is 4. The lowest BCUT2D eigenvalue weighted by Gasteiger charge is -2.10. The minimum absolute atomic E-state index is 0.424. The van der Waals surface area contributed by atoms with Crippen LogP contribution < -0.4 is 5.73 Å². The van der Waals surface area contributed by atoms with Gasteiger partial charge in [0, 0.05) is 6.54 Å². The number of hydrogen-bond acceptors (Lipinski definition) is 0. The molecular formula is C11H15N. The van der Waals surface area contributed by atoms with Gasteiger partial charge in [-0.2, -0.15) is 0 Å². The fourth-order valence-electron chi connectivity index (χ4n) is 1.22. The molecule has 0 aliphatic heterocycles. The molecule has 0 fully saturated rings. The van der Waals surface area contributed by atoms with Crippen molar-refractivity contribution in [1.82, 2.24) is 5.73 Å². The molecule has 1 N–H and O–H groups in total. The second kappa shape index (κ2) is 4.94. The van der Waals surface area contributed by atoms with Gasteiger partial charge in [-0.15, -0.1) is 0 Å². The van der Waals surface area contributed by atoms with Crippen LogP contribution >= 0.6 is 0 Å². The molecule has 1 heteroatoms. The van der Waals surface area contributed by atoms with Gasteiger partial charge in [-0.3, -0.25) is 5.73 Å². The van der Waals surface area contributed by atoms with Crippen LogP contribution in [-0.4, -0.2) is 6.54 Å². The zero-order valence-electron chi connectivity index (χ0n) is 7.29. The van der Waals surface area contributed by atoms with Gasteiger partial charge in [0.15, 0.2) is 0 Å². The molecule has 0 aliphatic carbocycles. The Morgan fingerprint density at radius 2 is 1.92 bits per heavy atom. The van der Waals surface area contributed by atoms with E-state index < -0.39 is 0 Å². The summed E-state index contributed by atoms with van der Waals surface area (Å²) in [5.74, 6) is 0.424. The molecule has 64 valence electrons. The first kappa shape index (κ1) is 9.27. The van der Waals surface area contributed by atoms with Crippen molar-refractivity contribution in [2.45, 2.75) is 12.8 Å². The molecule has 0 saturated carbocycles. The maximum Gasteiger partial charge on any atom is 0.0131 e. The largest absolute Gasteiger partial charge is 0.258 e. The Bertz CT molecular complexity index is 202. The highest BCUT2D eigenvalue weighted by Gasteiger charge is 2.04. The van der Waals surface area contributed by atoms with Gasteiger partial charge in [0.25, 0.3) is 0 Å². The van der Waals surface area contributed by atoms with Gasteiger partial charge in [-0.05, 0) is 24.3 Å². The summed E-state index contributed by atoms with van der Waals surface area (Å²) in [5, 5.41) is 0. The fraction of sp³-hybridized carbons (Fsp3) is 0.364. The van der Waals surface area contributed by atoms with Crippen molar-refractivity contribution in [3.05, 3.63) is 42.8 Å². The van der Waals surface area contributed by atoms with Crippen LogP contribution in [0.1, 0.15) is 12.0 Å². The van der Waals surface area contributed by atoms with Crippen molar-refractivity contribution >= 4 is 0 Å². The maximum absolute atomic E-state index is 7.27. The van der Waals surface area contributed by atoms with Crippen molar-refractivity contribution in [2.24, 2.45) is 5.92 Å². The van der Waals surface area contributed by atoms with E-state index in [9.17, 15) is 0 Å². The van der Waals surface area contributed by atoms with Gasteiger partial charge in [0.05, 0.1) is 0 Å². The maximum atomic E-state index is 7.27. The Labute approximate surface area is 74.6 Å². The molecule has 2 radical (unpaired) electrons. The first-order chi connectivity index (χ1) is 5.86. The topological polar surface area (TPSA) is 23.8 Å². The van der Waals surface area contributed by atoms with E-state index in [0.717, 1.165) is 12.8 Å². The van der Waals surface area contributed by atoms with E-state index in [0.29, 0.717) is 12.5 Å². The van der Waals surface area contributed by atoms with E-state index in [2.05, 4.69) is 19.1 Å². The van der Waals surface area contributed by atoms with Crippen LogP contribution in [0.15, 0.2) is 30.3 Å². The lowest BCUT2D eigenvalue weighted by molar-refractivity contribution is 0.535. The van der Waals surface area contributed by atoms with Crippen LogP contribution in [0.4, 0.5) is 0 Å². The first-order valence-electron chi connectivity index (χ1n) is 4.34. The molecular weight excluding hydrogens is 146 g/mol. The van der Waals surface area contributed by atoms with Crippen molar-refractivity contribution < 1.29 is 0 Å². The lowest BCUT2D eigenvalue weighted by atomic mass is 9.97. The average Bonchev–Trinajstić information content (AvgIpc) is 2.16. The molecule has 0 aliphatic rings. The highest BCUT2D eigenvalue weighted by Crippen LogP contribution is 2.10. The third-order valence-corrected chi connectivity index (χ3v) is 2.06. The summed E-state index contributed by atoms with van der Waals surface area (Å²) in [5.41, 5.74) is 8.59. The van der Waals surface area contributed by atoms with E-state index in [-0.39, 0.29) is 0 Å². The Kier molecular flexibility index (Phi) is 3.81. The molecule has 0 amide bonds. The normalized spacial score (nSPS) is 12.8. The van der Waals surface area contributed by atoms with Crippen molar-refractivity contribution in [1.29, 1.82) is 0 Å². The molecule has 1 unspecified atom stereocenters. The van der Waals surface area contributed by atoms with Crippen LogP contribution in [0.25, 0.3) is 0 Å². The van der Waals surface area contributed by atoms with Gasteiger partial charge in [0.1, 0.15) is 0 Å². The second-order valence-electron chi connectivity index (χ2n) is 3.05. The molecule has 0 aromatic heterocycles. The zero-order valence-corrected chi connectivity index (χ0v) is 7.29. The minimum Gasteiger partial charge on any atom is -0.258 e. The fourth-order valence-corrected chi connectivity index (χ4v) is 1.22. The second-order valence-corrected chi connectivity index (χ2v) is 3.05. The monoisotopic (exact) mass is 161 g/mol. The van der Waals surface area contributed by atoms with Crippen LogP contribution in [0.3, 0.4) is 0 Å². The molecule has 1 nitrogen and oxygen atoms in total. The van der Waals surface area contributed by atoms with E-state index in [1.165, 1.54) is 5.56 Å². The third-order valence-electron chi connectivity index (χ3n) is 2.06. The van der Waals surface area contributed by atoms with Gasteiger partial charge in [-0.1, -0.05) is 37.3 Å². The lowest BCUT2D eigenvalue weighted by Crippen LogP contribution is -2.09. The predicted octanol–water partition coefficient (Wildman–Crippen LogP) is 2.35. The Morgan fingerprint density at radius 1 is 1.25 bits per heavy atom. The highest BCUT2D eigenvalue weighted by molar-refractivity contribution is 5.15. The van der Waals surface area contributed by atoms with E-state index >= 15 is 0 Å². The SMILES string of the molecule is [CH2]CC(C[NH])Cc1ccccc1. The third kappa shape index (κ3) is 2.67. The molecule has 1 aromatic rings. The van der Waals surface area contributed by atoms with Gasteiger partial charge < -0.3 is 0 Å². The predicted molar refractivity (Wildman–Crippen MR) is 51.6 cm³/mol. The Morgan fingerprint density at radius 3 is 2.42 bits per heavy atom. The van der Waals surface area contributed by atoms with Crippen molar-refractivity contribution in [3.63, 3.8) is 0 Å². The van der Waals surface area contributed by atoms with Crippen LogP contribution in [0.5, 0.6) is 0 Å². The van der Waals surface area contributed by atoms with Gasteiger partial charge in [-0.25, -0.2) is 0 Å². The van der Waals surface area contributed by atoms with Gasteiger partial charge in [0.2, 0.25) is 0 Å². The van der Waals surface area contributed by atoms with Crippen LogP contribution in [0, 0.1) is 12.8 Å².